The normalized spacial score (nSPS) is 11.0. The fourth-order valence-electron chi connectivity index (χ4n) is 3.09. The second-order valence-electron chi connectivity index (χ2n) is 6.78. The van der Waals surface area contributed by atoms with Gasteiger partial charge in [0.15, 0.2) is 0 Å². The number of hydrogen-bond donors (Lipinski definition) is 0. The molecule has 2 rings (SSSR count). The molecule has 1 atom stereocenters. The second kappa shape index (κ2) is 14.6. The van der Waals surface area contributed by atoms with E-state index in [2.05, 4.69) is 15.9 Å². The zero-order valence-electron chi connectivity index (χ0n) is 17.5. The Labute approximate surface area is 198 Å². The third-order valence-electron chi connectivity index (χ3n) is 4.66. The van der Waals surface area contributed by atoms with Crippen molar-refractivity contribution < 1.29 is 29.6 Å². The first-order valence-electron chi connectivity index (χ1n) is 9.46. The summed E-state index contributed by atoms with van der Waals surface area (Å²) in [5.41, 5.74) is 2.12. The van der Waals surface area contributed by atoms with Crippen LogP contribution in [0.3, 0.4) is 0 Å². The fraction of sp³-hybridized carbons (Fsp3) is 0.400. The molecule has 0 saturated carbocycles. The van der Waals surface area contributed by atoms with Crippen molar-refractivity contribution in [3.63, 3.8) is 0 Å². The summed E-state index contributed by atoms with van der Waals surface area (Å²) in [7, 11) is 1.55. The molecule has 0 unspecified atom stereocenters. The van der Waals surface area contributed by atoms with E-state index in [0.717, 1.165) is 11.1 Å². The van der Waals surface area contributed by atoms with Crippen LogP contribution < -0.4 is 29.6 Å². The van der Waals surface area contributed by atoms with Crippen molar-refractivity contribution in [2.45, 2.75) is 18.9 Å². The molecule has 0 amide bonds. The first-order chi connectivity index (χ1) is 14.2. The van der Waals surface area contributed by atoms with Gasteiger partial charge in [0.1, 0.15) is 0 Å². The van der Waals surface area contributed by atoms with Crippen LogP contribution in [0.2, 0.25) is 0 Å². The van der Waals surface area contributed by atoms with E-state index >= 15 is 0 Å². The molecule has 0 bridgehead atoms. The van der Waals surface area contributed by atoms with Gasteiger partial charge < -0.3 is 0 Å². The van der Waals surface area contributed by atoms with Crippen molar-refractivity contribution >= 4 is 0 Å². The number of benzene rings is 2. The molecule has 0 heterocycles. The zero-order valence-corrected chi connectivity index (χ0v) is 19.5. The van der Waals surface area contributed by atoms with Crippen molar-refractivity contribution in [1.82, 2.24) is 15.0 Å². The summed E-state index contributed by atoms with van der Waals surface area (Å²) in [6.45, 7) is 1.15. The third-order valence-corrected chi connectivity index (χ3v) is 4.66. The van der Waals surface area contributed by atoms with Gasteiger partial charge in [-0.05, 0) is 24.0 Å². The molecule has 0 radical (unpaired) electrons. The molecule has 154 valence electrons. The number of likely N-dealkylation sites (N-methyl/N-ethyl adjacent to an activating group) is 1. The van der Waals surface area contributed by atoms with Crippen molar-refractivity contribution in [3.05, 3.63) is 86.5 Å². The molecular weight excluding hydrogens is 395 g/mol. The number of nitroso groups, excluding NO2 is 3. The molecular formula is C20H26N6NaO3+. The molecule has 0 spiro atoms. The van der Waals surface area contributed by atoms with Crippen LogP contribution in [-0.4, -0.2) is 54.3 Å². The number of nitrogens with zero attached hydrogens (tertiary/aromatic N) is 6. The van der Waals surface area contributed by atoms with Gasteiger partial charge in [-0.3, -0.25) is 15.0 Å². The Balaban J connectivity index is 0.00000450. The SMILES string of the molecule is CN(C[C@H](Cc1ccccc1)N(CCN(CCc1ccccc1)N=O)N=O)N=O.[Na+]. The van der Waals surface area contributed by atoms with E-state index in [9.17, 15) is 14.7 Å². The maximum atomic E-state index is 11.5. The van der Waals surface area contributed by atoms with Gasteiger partial charge in [0, 0.05) is 13.6 Å². The molecule has 10 heteroatoms. The molecule has 2 aromatic carbocycles. The molecule has 0 aliphatic heterocycles. The topological polar surface area (TPSA) is 98.0 Å². The van der Waals surface area contributed by atoms with Gasteiger partial charge in [0.2, 0.25) is 0 Å². The van der Waals surface area contributed by atoms with Crippen molar-refractivity contribution in [3.8, 4) is 0 Å². The van der Waals surface area contributed by atoms with E-state index in [4.69, 9.17) is 0 Å². The largest absolute Gasteiger partial charge is 1.00 e. The monoisotopic (exact) mass is 421 g/mol. The average molecular weight is 421 g/mol. The summed E-state index contributed by atoms with van der Waals surface area (Å²) in [4.78, 5) is 33.5. The maximum absolute atomic E-state index is 11.5. The van der Waals surface area contributed by atoms with E-state index < -0.39 is 0 Å². The fourth-order valence-corrected chi connectivity index (χ4v) is 3.09. The van der Waals surface area contributed by atoms with E-state index in [1.165, 1.54) is 15.0 Å². The molecule has 2 aromatic rings. The van der Waals surface area contributed by atoms with Gasteiger partial charge in [-0.2, -0.15) is 0 Å². The molecule has 30 heavy (non-hydrogen) atoms. The minimum absolute atomic E-state index is 0. The molecule has 0 saturated heterocycles. The Morgan fingerprint density at radius 1 is 0.767 bits per heavy atom. The predicted molar refractivity (Wildman–Crippen MR) is 112 cm³/mol. The summed E-state index contributed by atoms with van der Waals surface area (Å²) in [6, 6.07) is 19.1. The summed E-state index contributed by atoms with van der Waals surface area (Å²) in [6.07, 6.45) is 1.19. The van der Waals surface area contributed by atoms with Crippen molar-refractivity contribution in [1.29, 1.82) is 0 Å². The summed E-state index contributed by atoms with van der Waals surface area (Å²) < 4.78 is 0. The van der Waals surface area contributed by atoms with Crippen LogP contribution in [0.15, 0.2) is 76.5 Å². The smallest absolute Gasteiger partial charge is 0.262 e. The first kappa shape index (κ1) is 25.7. The van der Waals surface area contributed by atoms with Gasteiger partial charge in [0.25, 0.3) is 0 Å². The maximum Gasteiger partial charge on any atom is 1.00 e. The van der Waals surface area contributed by atoms with Gasteiger partial charge in [0.05, 0.1) is 41.5 Å². The van der Waals surface area contributed by atoms with Gasteiger partial charge in [-0.25, -0.2) is 0 Å². The van der Waals surface area contributed by atoms with Crippen LogP contribution in [0.1, 0.15) is 11.1 Å². The molecule has 0 N–H and O–H groups in total. The van der Waals surface area contributed by atoms with Gasteiger partial charge in [-0.1, -0.05) is 60.7 Å². The van der Waals surface area contributed by atoms with Crippen LogP contribution in [0.25, 0.3) is 0 Å². The minimum Gasteiger partial charge on any atom is -0.262 e. The Morgan fingerprint density at radius 2 is 1.37 bits per heavy atom. The van der Waals surface area contributed by atoms with E-state index in [0.29, 0.717) is 19.4 Å². The standard InChI is InChI=1S/C20H26N6O3.Na/c1-24(21-27)17-20(16-19-10-6-3-7-11-19)26(23-29)15-14-25(22-28)13-12-18-8-4-2-5-9-18;/h2-11,20H,12-17H2,1H3;/q;+1/t20-;/m0./s1. The van der Waals surface area contributed by atoms with Gasteiger partial charge >= 0.3 is 29.6 Å². The van der Waals surface area contributed by atoms with Crippen LogP contribution in [0, 0.1) is 14.7 Å². The predicted octanol–water partition coefficient (Wildman–Crippen LogP) is 0.424. The Morgan fingerprint density at radius 3 is 1.90 bits per heavy atom. The molecule has 0 aliphatic carbocycles. The molecule has 9 nitrogen and oxygen atoms in total. The van der Waals surface area contributed by atoms with Crippen molar-refractivity contribution in [2.24, 2.45) is 15.9 Å². The molecule has 0 aliphatic rings. The summed E-state index contributed by atoms with van der Waals surface area (Å²) >= 11 is 0. The minimum atomic E-state index is -0.361. The van der Waals surface area contributed by atoms with Crippen LogP contribution in [-0.2, 0) is 12.8 Å². The van der Waals surface area contributed by atoms with Crippen LogP contribution in [0.5, 0.6) is 0 Å². The average Bonchev–Trinajstić information content (AvgIpc) is 2.77. The first-order valence-corrected chi connectivity index (χ1v) is 9.46. The Hall–Kier alpha value is -2.36. The Kier molecular flexibility index (Phi) is 12.5. The van der Waals surface area contributed by atoms with E-state index in [1.54, 1.807) is 7.05 Å². The summed E-state index contributed by atoms with van der Waals surface area (Å²) in [5, 5.41) is 13.1. The zero-order chi connectivity index (χ0) is 20.9. The van der Waals surface area contributed by atoms with Crippen molar-refractivity contribution in [2.75, 3.05) is 33.2 Å². The molecule has 0 aromatic heterocycles. The van der Waals surface area contributed by atoms with Crippen LogP contribution >= 0.6 is 0 Å². The number of hydrogen-bond acceptors (Lipinski definition) is 6. The van der Waals surface area contributed by atoms with Gasteiger partial charge in [-0.15, -0.1) is 14.7 Å². The molecule has 0 fully saturated rings. The quantitative estimate of drug-likeness (QED) is 0.249. The van der Waals surface area contributed by atoms with E-state index in [-0.39, 0.29) is 55.2 Å². The van der Waals surface area contributed by atoms with E-state index in [1.807, 2.05) is 60.7 Å². The third kappa shape index (κ3) is 8.98. The summed E-state index contributed by atoms with van der Waals surface area (Å²) in [5.74, 6) is 0. The Bertz CT molecular complexity index is 753. The number of rotatable bonds is 14. The second-order valence-corrected chi connectivity index (χ2v) is 6.78. The van der Waals surface area contributed by atoms with Crippen LogP contribution in [0.4, 0.5) is 0 Å².